The Morgan fingerprint density at radius 3 is 2.39 bits per heavy atom. The lowest BCUT2D eigenvalue weighted by molar-refractivity contribution is -0.354. The summed E-state index contributed by atoms with van der Waals surface area (Å²) in [6.07, 6.45) is 0. The van der Waals surface area contributed by atoms with Crippen LogP contribution in [-0.2, 0) is 4.42 Å². The summed E-state index contributed by atoms with van der Waals surface area (Å²) in [7, 11) is 0. The Bertz CT molecular complexity index is 531. The number of benzene rings is 2. The maximum Gasteiger partial charge on any atom is 0.353 e. The molecule has 0 aliphatic rings. The predicted octanol–water partition coefficient (Wildman–Crippen LogP) is 4.23. The zero-order valence-electron chi connectivity index (χ0n) is 10.9. The first-order chi connectivity index (χ1) is 8.74. The van der Waals surface area contributed by atoms with Crippen molar-refractivity contribution in [3.8, 4) is 5.75 Å². The van der Waals surface area contributed by atoms with Crippen molar-refractivity contribution in [1.29, 1.82) is 0 Å². The largest absolute Gasteiger partial charge is 0.353 e. The molecule has 0 aliphatic carbocycles. The second kappa shape index (κ2) is 5.50. The van der Waals surface area contributed by atoms with E-state index in [1.54, 1.807) is 0 Å². The summed E-state index contributed by atoms with van der Waals surface area (Å²) < 4.78 is 5.03. The lowest BCUT2D eigenvalue weighted by Crippen LogP contribution is -2.15. The van der Waals surface area contributed by atoms with Gasteiger partial charge in [-0.1, -0.05) is 23.8 Å². The zero-order chi connectivity index (χ0) is 13.0. The minimum Gasteiger partial charge on any atom is -0.341 e. The lowest BCUT2D eigenvalue weighted by atomic mass is 10.2. The zero-order valence-corrected chi connectivity index (χ0v) is 10.9. The van der Waals surface area contributed by atoms with Crippen LogP contribution >= 0.6 is 0 Å². The molecular weight excluding hydrogens is 222 g/mol. The monoisotopic (exact) mass is 240 g/mol. The van der Waals surface area contributed by atoms with Gasteiger partial charge in [-0.15, -0.1) is 0 Å². The Labute approximate surface area is 108 Å². The fourth-order valence-corrected chi connectivity index (χ4v) is 1.98. The summed E-state index contributed by atoms with van der Waals surface area (Å²) >= 11 is 0. The first-order valence-corrected chi connectivity index (χ1v) is 6.11. The van der Waals surface area contributed by atoms with E-state index in [1.807, 2.05) is 18.2 Å². The highest BCUT2D eigenvalue weighted by atomic mass is 16.4. The van der Waals surface area contributed by atoms with Crippen LogP contribution in [0.15, 0.2) is 48.5 Å². The Morgan fingerprint density at radius 2 is 1.78 bits per heavy atom. The maximum atomic E-state index is 5.03. The Balaban J connectivity index is 2.38. The molecule has 0 aliphatic heterocycles. The molecule has 0 saturated heterocycles. The molecule has 2 heteroatoms. The molecule has 0 amide bonds. The summed E-state index contributed by atoms with van der Waals surface area (Å²) in [5.74, 6) is 0.776. The van der Waals surface area contributed by atoms with Gasteiger partial charge in [0.15, 0.2) is 0 Å². The van der Waals surface area contributed by atoms with Gasteiger partial charge >= 0.3 is 5.75 Å². The summed E-state index contributed by atoms with van der Waals surface area (Å²) in [5, 5.41) is 0. The minimum absolute atomic E-state index is 0.776. The molecule has 0 aromatic heterocycles. The van der Waals surface area contributed by atoms with Crippen molar-refractivity contribution in [2.75, 3.05) is 11.4 Å². The standard InChI is InChI=1S/C16H18NO/c1-4-17(14-10-8-13(2)9-11-14)15-6-5-7-16(12-15)18-3/h5-12H,3-4H2,1-2H3/q+1. The molecule has 0 N–H and O–H groups in total. The number of carbonyl (C=O) groups excluding carboxylic acids is 1. The third-order valence-electron chi connectivity index (χ3n) is 2.96. The van der Waals surface area contributed by atoms with E-state index in [9.17, 15) is 0 Å². The van der Waals surface area contributed by atoms with Gasteiger partial charge in [-0.25, -0.2) is 4.42 Å². The van der Waals surface area contributed by atoms with Crippen molar-refractivity contribution < 1.29 is 4.42 Å². The van der Waals surface area contributed by atoms with Crippen molar-refractivity contribution in [3.05, 3.63) is 54.1 Å². The molecule has 0 radical (unpaired) electrons. The van der Waals surface area contributed by atoms with Gasteiger partial charge in [0.25, 0.3) is 6.79 Å². The van der Waals surface area contributed by atoms with Crippen LogP contribution in [-0.4, -0.2) is 13.3 Å². The highest BCUT2D eigenvalue weighted by Gasteiger charge is 2.10. The highest BCUT2D eigenvalue weighted by molar-refractivity contribution is 5.64. The number of aryl methyl sites for hydroxylation is 1. The molecule has 0 atom stereocenters. The van der Waals surface area contributed by atoms with Crippen LogP contribution in [0.1, 0.15) is 12.5 Å². The first-order valence-electron chi connectivity index (χ1n) is 6.11. The van der Waals surface area contributed by atoms with Crippen LogP contribution in [0, 0.1) is 6.92 Å². The third kappa shape index (κ3) is 2.59. The minimum atomic E-state index is 0.776. The number of hydrogen-bond donors (Lipinski definition) is 0. The summed E-state index contributed by atoms with van der Waals surface area (Å²) in [4.78, 5) is 2.24. The average Bonchev–Trinajstić information content (AvgIpc) is 2.42. The Hall–Kier alpha value is -2.09. The number of anilines is 2. The van der Waals surface area contributed by atoms with Crippen LogP contribution < -0.4 is 4.90 Å². The fourth-order valence-electron chi connectivity index (χ4n) is 1.98. The summed E-state index contributed by atoms with van der Waals surface area (Å²) in [6, 6.07) is 16.5. The van der Waals surface area contributed by atoms with E-state index in [2.05, 4.69) is 55.9 Å². The van der Waals surface area contributed by atoms with Crippen molar-refractivity contribution in [3.63, 3.8) is 0 Å². The maximum absolute atomic E-state index is 5.03. The van der Waals surface area contributed by atoms with E-state index in [4.69, 9.17) is 4.42 Å². The lowest BCUT2D eigenvalue weighted by Gasteiger charge is -2.22. The average molecular weight is 240 g/mol. The predicted molar refractivity (Wildman–Crippen MR) is 76.9 cm³/mol. The summed E-state index contributed by atoms with van der Waals surface area (Å²) in [6.45, 7) is 8.59. The van der Waals surface area contributed by atoms with E-state index >= 15 is 0 Å². The molecule has 0 fully saturated rings. The smallest absolute Gasteiger partial charge is 0.341 e. The van der Waals surface area contributed by atoms with E-state index in [0.29, 0.717) is 0 Å². The normalized spacial score (nSPS) is 10.1. The Kier molecular flexibility index (Phi) is 3.78. The SMILES string of the molecule is C=[O+]c1cccc(N(CC)c2ccc(C)cc2)c1. The molecule has 2 rings (SSSR count). The molecular formula is C16H18NO+. The van der Waals surface area contributed by atoms with Crippen molar-refractivity contribution in [2.24, 2.45) is 0 Å². The van der Waals surface area contributed by atoms with Crippen LogP contribution in [0.2, 0.25) is 0 Å². The van der Waals surface area contributed by atoms with Gasteiger partial charge in [-0.2, -0.15) is 0 Å². The van der Waals surface area contributed by atoms with Gasteiger partial charge in [0, 0.05) is 18.3 Å². The van der Waals surface area contributed by atoms with Crippen molar-refractivity contribution >= 4 is 18.2 Å². The van der Waals surface area contributed by atoms with Crippen molar-refractivity contribution in [1.82, 2.24) is 0 Å². The second-order valence-electron chi connectivity index (χ2n) is 4.22. The van der Waals surface area contributed by atoms with Crippen LogP contribution in [0.3, 0.4) is 0 Å². The molecule has 0 saturated carbocycles. The first kappa shape index (κ1) is 12.4. The molecule has 0 bridgehead atoms. The molecule has 2 aromatic rings. The highest BCUT2D eigenvalue weighted by Crippen LogP contribution is 2.28. The third-order valence-corrected chi connectivity index (χ3v) is 2.96. The van der Waals surface area contributed by atoms with Crippen LogP contribution in [0.5, 0.6) is 5.75 Å². The molecule has 18 heavy (non-hydrogen) atoms. The molecule has 0 spiro atoms. The van der Waals surface area contributed by atoms with Gasteiger partial charge in [0.05, 0.1) is 11.8 Å². The number of rotatable bonds is 4. The van der Waals surface area contributed by atoms with Crippen LogP contribution in [0.4, 0.5) is 11.4 Å². The molecule has 0 unspecified atom stereocenters. The van der Waals surface area contributed by atoms with E-state index in [1.165, 1.54) is 11.3 Å². The molecule has 0 heterocycles. The fraction of sp³-hybridized carbons (Fsp3) is 0.188. The van der Waals surface area contributed by atoms with Gasteiger partial charge in [-0.3, -0.25) is 0 Å². The molecule has 2 nitrogen and oxygen atoms in total. The number of hydrogen-bond acceptors (Lipinski definition) is 1. The Morgan fingerprint density at radius 1 is 1.06 bits per heavy atom. The van der Waals surface area contributed by atoms with Gasteiger partial charge in [0.1, 0.15) is 0 Å². The van der Waals surface area contributed by atoms with Crippen molar-refractivity contribution in [2.45, 2.75) is 13.8 Å². The summed E-state index contributed by atoms with van der Waals surface area (Å²) in [5.41, 5.74) is 3.57. The van der Waals surface area contributed by atoms with E-state index in [-0.39, 0.29) is 0 Å². The van der Waals surface area contributed by atoms with Crippen LogP contribution in [0.25, 0.3) is 0 Å². The van der Waals surface area contributed by atoms with E-state index in [0.717, 1.165) is 18.0 Å². The quantitative estimate of drug-likeness (QED) is 0.730. The van der Waals surface area contributed by atoms with Gasteiger partial charge in [0.2, 0.25) is 0 Å². The van der Waals surface area contributed by atoms with E-state index < -0.39 is 0 Å². The second-order valence-corrected chi connectivity index (χ2v) is 4.22. The molecule has 2 aromatic carbocycles. The van der Waals surface area contributed by atoms with Gasteiger partial charge < -0.3 is 4.90 Å². The topological polar surface area (TPSA) is 14.5 Å². The number of nitrogens with zero attached hydrogens (tertiary/aromatic N) is 1. The van der Waals surface area contributed by atoms with Gasteiger partial charge in [-0.05, 0) is 32.0 Å². The molecule has 92 valence electrons.